The number of hydrogen-bond donors (Lipinski definition) is 0. The van der Waals surface area contributed by atoms with Crippen LogP contribution in [0.25, 0.3) is 5.65 Å². The summed E-state index contributed by atoms with van der Waals surface area (Å²) in [5.41, 5.74) is 2.16. The van der Waals surface area contributed by atoms with Crippen molar-refractivity contribution >= 4 is 5.65 Å². The van der Waals surface area contributed by atoms with E-state index in [-0.39, 0.29) is 0 Å². The quantitative estimate of drug-likeness (QED) is 0.855. The summed E-state index contributed by atoms with van der Waals surface area (Å²) in [4.78, 5) is 11.1. The van der Waals surface area contributed by atoms with Gasteiger partial charge in [0, 0.05) is 32.6 Å². The molecule has 0 aromatic carbocycles. The van der Waals surface area contributed by atoms with Crippen LogP contribution >= 0.6 is 0 Å². The van der Waals surface area contributed by atoms with Crippen molar-refractivity contribution in [3.63, 3.8) is 0 Å². The maximum Gasteiger partial charge on any atom is 0.155 e. The molecule has 2 aromatic heterocycles. The summed E-state index contributed by atoms with van der Waals surface area (Å²) in [6.45, 7) is 4.10. The number of aromatic nitrogens is 3. The average Bonchev–Trinajstić information content (AvgIpc) is 2.73. The smallest absolute Gasteiger partial charge is 0.155 e. The number of hydrogen-bond acceptors (Lipinski definition) is 4. The Balaban J connectivity index is 1.72. The Bertz CT molecular complexity index is 554. The first-order chi connectivity index (χ1) is 9.86. The van der Waals surface area contributed by atoms with Crippen molar-refractivity contribution in [3.05, 3.63) is 30.5 Å². The fraction of sp³-hybridized carbons (Fsp3) is 0.600. The standard InChI is InChI=1S/C15H22N4O/c1-20-12-13-4-2-3-6-18(10-13)11-14-8-17-15-9-16-5-7-19(14)15/h5,7-9,13H,2-4,6,10-12H2,1H3. The average molecular weight is 274 g/mol. The van der Waals surface area contributed by atoms with Crippen LogP contribution in [0, 0.1) is 5.92 Å². The van der Waals surface area contributed by atoms with Crippen LogP contribution in [0.5, 0.6) is 0 Å². The molecule has 3 heterocycles. The van der Waals surface area contributed by atoms with Gasteiger partial charge in [0.2, 0.25) is 0 Å². The summed E-state index contributed by atoms with van der Waals surface area (Å²) in [5, 5.41) is 0. The largest absolute Gasteiger partial charge is 0.384 e. The molecule has 20 heavy (non-hydrogen) atoms. The molecule has 1 aliphatic heterocycles. The number of ether oxygens (including phenoxy) is 1. The number of likely N-dealkylation sites (tertiary alicyclic amines) is 1. The van der Waals surface area contributed by atoms with E-state index in [0.717, 1.165) is 25.3 Å². The van der Waals surface area contributed by atoms with E-state index < -0.39 is 0 Å². The number of fused-ring (bicyclic) bond motifs is 1. The monoisotopic (exact) mass is 274 g/mol. The lowest BCUT2D eigenvalue weighted by molar-refractivity contribution is 0.123. The third-order valence-electron chi connectivity index (χ3n) is 4.03. The third kappa shape index (κ3) is 2.99. The topological polar surface area (TPSA) is 42.7 Å². The lowest BCUT2D eigenvalue weighted by Crippen LogP contribution is -2.30. The minimum absolute atomic E-state index is 0.656. The van der Waals surface area contributed by atoms with Gasteiger partial charge in [-0.1, -0.05) is 6.42 Å². The molecule has 2 aromatic rings. The van der Waals surface area contributed by atoms with Crippen LogP contribution in [0.2, 0.25) is 0 Å². The lowest BCUT2D eigenvalue weighted by atomic mass is 10.0. The zero-order valence-corrected chi connectivity index (χ0v) is 12.0. The molecular weight excluding hydrogens is 252 g/mol. The first-order valence-corrected chi connectivity index (χ1v) is 7.34. The molecular formula is C15H22N4O. The highest BCUT2D eigenvalue weighted by molar-refractivity contribution is 5.36. The molecule has 0 saturated carbocycles. The highest BCUT2D eigenvalue weighted by Gasteiger charge is 2.19. The summed E-state index contributed by atoms with van der Waals surface area (Å²) in [7, 11) is 1.80. The van der Waals surface area contributed by atoms with Crippen molar-refractivity contribution in [3.8, 4) is 0 Å². The van der Waals surface area contributed by atoms with E-state index in [1.807, 2.05) is 18.6 Å². The van der Waals surface area contributed by atoms with E-state index in [9.17, 15) is 0 Å². The van der Waals surface area contributed by atoms with Gasteiger partial charge in [-0.05, 0) is 25.3 Å². The number of imidazole rings is 1. The van der Waals surface area contributed by atoms with Gasteiger partial charge in [-0.3, -0.25) is 14.3 Å². The molecule has 1 aliphatic rings. The molecule has 0 bridgehead atoms. The van der Waals surface area contributed by atoms with Crippen LogP contribution in [0.3, 0.4) is 0 Å². The van der Waals surface area contributed by atoms with Crippen LogP contribution in [0.15, 0.2) is 24.8 Å². The normalized spacial score (nSPS) is 21.1. The minimum Gasteiger partial charge on any atom is -0.384 e. The SMILES string of the molecule is COCC1CCCCN(Cc2cnc3cnccn23)C1. The molecule has 1 fully saturated rings. The molecule has 3 rings (SSSR count). The maximum atomic E-state index is 5.34. The summed E-state index contributed by atoms with van der Waals surface area (Å²) in [5.74, 6) is 0.656. The number of nitrogens with zero attached hydrogens (tertiary/aromatic N) is 4. The number of rotatable bonds is 4. The van der Waals surface area contributed by atoms with Gasteiger partial charge in [-0.2, -0.15) is 0 Å². The summed E-state index contributed by atoms with van der Waals surface area (Å²) >= 11 is 0. The molecule has 5 nitrogen and oxygen atoms in total. The second kappa shape index (κ2) is 6.33. The Morgan fingerprint density at radius 2 is 2.30 bits per heavy atom. The Morgan fingerprint density at radius 3 is 3.20 bits per heavy atom. The zero-order chi connectivity index (χ0) is 13.8. The van der Waals surface area contributed by atoms with Crippen molar-refractivity contribution in [1.82, 2.24) is 19.3 Å². The Kier molecular flexibility index (Phi) is 4.28. The van der Waals surface area contributed by atoms with Crippen molar-refractivity contribution in [2.24, 2.45) is 5.92 Å². The summed E-state index contributed by atoms with van der Waals surface area (Å²) in [6.07, 6.45) is 11.4. The van der Waals surface area contributed by atoms with Crippen LogP contribution in [-0.2, 0) is 11.3 Å². The van der Waals surface area contributed by atoms with Gasteiger partial charge in [0.25, 0.3) is 0 Å². The predicted octanol–water partition coefficient (Wildman–Crippen LogP) is 1.98. The second-order valence-corrected chi connectivity index (χ2v) is 5.61. The van der Waals surface area contributed by atoms with Crippen molar-refractivity contribution in [2.75, 3.05) is 26.8 Å². The van der Waals surface area contributed by atoms with Gasteiger partial charge >= 0.3 is 0 Å². The van der Waals surface area contributed by atoms with Gasteiger partial charge in [-0.25, -0.2) is 4.98 Å². The van der Waals surface area contributed by atoms with Crippen molar-refractivity contribution < 1.29 is 4.74 Å². The molecule has 0 radical (unpaired) electrons. The maximum absolute atomic E-state index is 5.34. The Labute approximate surface area is 119 Å². The Hall–Kier alpha value is -1.46. The minimum atomic E-state index is 0.656. The molecule has 1 saturated heterocycles. The van der Waals surface area contributed by atoms with E-state index in [2.05, 4.69) is 19.3 Å². The van der Waals surface area contributed by atoms with Crippen molar-refractivity contribution in [1.29, 1.82) is 0 Å². The van der Waals surface area contributed by atoms with Crippen LogP contribution in [-0.4, -0.2) is 46.1 Å². The van der Waals surface area contributed by atoms with Crippen LogP contribution < -0.4 is 0 Å². The van der Waals surface area contributed by atoms with Gasteiger partial charge < -0.3 is 4.74 Å². The third-order valence-corrected chi connectivity index (χ3v) is 4.03. The first kappa shape index (κ1) is 13.5. The van der Waals surface area contributed by atoms with E-state index in [0.29, 0.717) is 5.92 Å². The van der Waals surface area contributed by atoms with E-state index in [4.69, 9.17) is 4.74 Å². The fourth-order valence-corrected chi connectivity index (χ4v) is 3.07. The number of methoxy groups -OCH3 is 1. The molecule has 108 valence electrons. The molecule has 1 unspecified atom stereocenters. The molecule has 0 aliphatic carbocycles. The van der Waals surface area contributed by atoms with E-state index >= 15 is 0 Å². The highest BCUT2D eigenvalue weighted by Crippen LogP contribution is 2.19. The van der Waals surface area contributed by atoms with Gasteiger partial charge in [0.1, 0.15) is 0 Å². The van der Waals surface area contributed by atoms with E-state index in [1.165, 1.54) is 31.5 Å². The Morgan fingerprint density at radius 1 is 1.35 bits per heavy atom. The van der Waals surface area contributed by atoms with Gasteiger partial charge in [0.15, 0.2) is 5.65 Å². The molecule has 0 spiro atoms. The molecule has 1 atom stereocenters. The van der Waals surface area contributed by atoms with Gasteiger partial charge in [-0.15, -0.1) is 0 Å². The first-order valence-electron chi connectivity index (χ1n) is 7.34. The summed E-state index contributed by atoms with van der Waals surface area (Å²) < 4.78 is 7.47. The zero-order valence-electron chi connectivity index (χ0n) is 12.0. The van der Waals surface area contributed by atoms with Gasteiger partial charge in [0.05, 0.1) is 24.7 Å². The van der Waals surface area contributed by atoms with Crippen molar-refractivity contribution in [2.45, 2.75) is 25.8 Å². The second-order valence-electron chi connectivity index (χ2n) is 5.61. The van der Waals surface area contributed by atoms with Crippen LogP contribution in [0.1, 0.15) is 25.0 Å². The highest BCUT2D eigenvalue weighted by atomic mass is 16.5. The van der Waals surface area contributed by atoms with E-state index in [1.54, 1.807) is 13.3 Å². The molecule has 5 heteroatoms. The lowest BCUT2D eigenvalue weighted by Gasteiger charge is -2.23. The van der Waals surface area contributed by atoms with Crippen LogP contribution in [0.4, 0.5) is 0 Å². The molecule has 0 amide bonds. The molecule has 0 N–H and O–H groups in total. The predicted molar refractivity (Wildman–Crippen MR) is 77.5 cm³/mol. The summed E-state index contributed by atoms with van der Waals surface area (Å²) in [6, 6.07) is 0. The fourth-order valence-electron chi connectivity index (χ4n) is 3.07.